The Morgan fingerprint density at radius 1 is 0.931 bits per heavy atom. The lowest BCUT2D eigenvalue weighted by molar-refractivity contribution is 0.0997. The normalized spacial score (nSPS) is 11.0. The Bertz CT molecular complexity index is 1160. The molecule has 0 saturated carbocycles. The van der Waals surface area contributed by atoms with E-state index in [4.69, 9.17) is 4.42 Å². The summed E-state index contributed by atoms with van der Waals surface area (Å²) in [4.78, 5) is 13.0. The summed E-state index contributed by atoms with van der Waals surface area (Å²) in [6.45, 7) is 0. The van der Waals surface area contributed by atoms with Crippen molar-refractivity contribution in [3.8, 4) is 0 Å². The Balaban J connectivity index is 1.59. The smallest absolute Gasteiger partial charge is 0.291 e. The second kappa shape index (κ2) is 9.20. The summed E-state index contributed by atoms with van der Waals surface area (Å²) >= 11 is 8.68. The van der Waals surface area contributed by atoms with Crippen LogP contribution < -0.4 is 5.32 Å². The van der Waals surface area contributed by atoms with Crippen LogP contribution in [0.3, 0.4) is 0 Å². The monoisotopic (exact) mass is 529 g/mol. The maximum Gasteiger partial charge on any atom is 0.291 e. The van der Waals surface area contributed by atoms with E-state index < -0.39 is 0 Å². The third-order valence-corrected chi connectivity index (χ3v) is 6.62. The van der Waals surface area contributed by atoms with Crippen LogP contribution >= 0.6 is 43.6 Å². The third-order valence-electron chi connectivity index (χ3n) is 4.44. The largest absolute Gasteiger partial charge is 0.451 e. The Morgan fingerprint density at radius 3 is 2.48 bits per heavy atom. The summed E-state index contributed by atoms with van der Waals surface area (Å²) in [7, 11) is 0. The van der Waals surface area contributed by atoms with Crippen LogP contribution in [-0.2, 0) is 11.5 Å². The number of amides is 1. The lowest BCUT2D eigenvalue weighted by atomic mass is 10.1. The number of anilines is 1. The number of hydrogen-bond acceptors (Lipinski definition) is 3. The molecule has 0 unspecified atom stereocenters. The molecule has 0 aliphatic rings. The molecule has 1 heterocycles. The van der Waals surface area contributed by atoms with E-state index in [-0.39, 0.29) is 5.91 Å². The van der Waals surface area contributed by atoms with E-state index >= 15 is 0 Å². The molecule has 6 heteroatoms. The lowest BCUT2D eigenvalue weighted by Gasteiger charge is -2.08. The van der Waals surface area contributed by atoms with Gasteiger partial charge in [-0.2, -0.15) is 11.8 Å². The molecule has 3 nitrogen and oxygen atoms in total. The number of furan rings is 1. The Hall–Kier alpha value is -2.02. The van der Waals surface area contributed by atoms with Gasteiger partial charge in [0.05, 0.1) is 5.69 Å². The molecular formula is C23H17Br2NO2S. The molecule has 0 fully saturated rings. The van der Waals surface area contributed by atoms with Crippen LogP contribution in [0.1, 0.15) is 21.7 Å². The Kier molecular flexibility index (Phi) is 6.43. The quantitative estimate of drug-likeness (QED) is 0.278. The number of thioether (sulfide) groups is 1. The van der Waals surface area contributed by atoms with E-state index in [2.05, 4.69) is 49.3 Å². The molecule has 0 radical (unpaired) electrons. The van der Waals surface area contributed by atoms with Gasteiger partial charge in [-0.15, -0.1) is 0 Å². The molecule has 0 saturated heterocycles. The molecule has 1 amide bonds. The van der Waals surface area contributed by atoms with Gasteiger partial charge in [0.1, 0.15) is 5.58 Å². The summed E-state index contributed by atoms with van der Waals surface area (Å²) in [5.41, 5.74) is 3.60. The molecule has 29 heavy (non-hydrogen) atoms. The first-order valence-electron chi connectivity index (χ1n) is 9.00. The van der Waals surface area contributed by atoms with E-state index in [1.165, 1.54) is 5.56 Å². The van der Waals surface area contributed by atoms with E-state index in [1.54, 1.807) is 11.8 Å². The van der Waals surface area contributed by atoms with E-state index in [9.17, 15) is 4.79 Å². The minimum Gasteiger partial charge on any atom is -0.451 e. The molecule has 3 aromatic carbocycles. The van der Waals surface area contributed by atoms with Crippen LogP contribution in [0.4, 0.5) is 5.69 Å². The predicted molar refractivity (Wildman–Crippen MR) is 127 cm³/mol. The average Bonchev–Trinajstić information content (AvgIpc) is 3.10. The average molecular weight is 531 g/mol. The van der Waals surface area contributed by atoms with Gasteiger partial charge in [-0.25, -0.2) is 0 Å². The van der Waals surface area contributed by atoms with Gasteiger partial charge in [-0.1, -0.05) is 64.5 Å². The number of carbonyl (C=O) groups excluding carboxylic acids is 1. The molecule has 0 aliphatic carbocycles. The van der Waals surface area contributed by atoms with Crippen molar-refractivity contribution in [2.24, 2.45) is 0 Å². The molecule has 0 bridgehead atoms. The van der Waals surface area contributed by atoms with Crippen molar-refractivity contribution in [2.75, 3.05) is 5.32 Å². The van der Waals surface area contributed by atoms with Gasteiger partial charge < -0.3 is 9.73 Å². The first kappa shape index (κ1) is 20.3. The van der Waals surface area contributed by atoms with Crippen LogP contribution in [0.15, 0.2) is 86.2 Å². The molecule has 0 aliphatic heterocycles. The van der Waals surface area contributed by atoms with Crippen LogP contribution in [-0.4, -0.2) is 5.91 Å². The first-order valence-corrected chi connectivity index (χ1v) is 11.7. The second-order valence-corrected chi connectivity index (χ2v) is 9.22. The number of nitrogens with one attached hydrogen (secondary N) is 1. The number of benzene rings is 3. The van der Waals surface area contributed by atoms with Gasteiger partial charge in [0, 0.05) is 31.4 Å². The minimum atomic E-state index is -0.250. The third kappa shape index (κ3) is 4.77. The number of hydrogen-bond donors (Lipinski definition) is 1. The van der Waals surface area contributed by atoms with Crippen molar-refractivity contribution in [3.05, 3.63) is 98.6 Å². The summed E-state index contributed by atoms with van der Waals surface area (Å²) in [5.74, 6) is 1.68. The van der Waals surface area contributed by atoms with Crippen molar-refractivity contribution in [1.82, 2.24) is 0 Å². The van der Waals surface area contributed by atoms with Gasteiger partial charge in [0.25, 0.3) is 5.91 Å². The highest BCUT2D eigenvalue weighted by Crippen LogP contribution is 2.32. The standard InChI is InChI=1S/C23H17Br2NO2S/c24-16-10-11-20(19(25)12-16)26-23(27)22-18(17-8-4-5-9-21(17)28-22)14-29-13-15-6-2-1-3-7-15/h1-12H,13-14H2,(H,26,27). The predicted octanol–water partition coefficient (Wildman–Crippen LogP) is 7.64. The fourth-order valence-corrected chi connectivity index (χ4v) is 5.21. The van der Waals surface area contributed by atoms with E-state index in [0.29, 0.717) is 17.2 Å². The second-order valence-electron chi connectivity index (χ2n) is 6.46. The summed E-state index contributed by atoms with van der Waals surface area (Å²) in [5, 5.41) is 3.93. The van der Waals surface area contributed by atoms with Crippen molar-refractivity contribution >= 4 is 66.2 Å². The highest BCUT2D eigenvalue weighted by Gasteiger charge is 2.21. The molecular weight excluding hydrogens is 514 g/mol. The number of halogens is 2. The fraction of sp³-hybridized carbons (Fsp3) is 0.0870. The number of carbonyl (C=O) groups is 1. The van der Waals surface area contributed by atoms with Crippen LogP contribution in [0, 0.1) is 0 Å². The Morgan fingerprint density at radius 2 is 1.69 bits per heavy atom. The Labute approximate surface area is 190 Å². The van der Waals surface area contributed by atoms with Crippen LogP contribution in [0.25, 0.3) is 11.0 Å². The summed E-state index contributed by atoms with van der Waals surface area (Å²) < 4.78 is 7.69. The number of para-hydroxylation sites is 1. The van der Waals surface area contributed by atoms with E-state index in [0.717, 1.165) is 31.2 Å². The zero-order chi connectivity index (χ0) is 20.2. The fourth-order valence-electron chi connectivity index (χ4n) is 3.04. The molecule has 1 N–H and O–H groups in total. The van der Waals surface area contributed by atoms with Gasteiger partial charge in [-0.3, -0.25) is 4.79 Å². The maximum absolute atomic E-state index is 13.0. The maximum atomic E-state index is 13.0. The van der Waals surface area contributed by atoms with Gasteiger partial charge in [-0.05, 0) is 45.8 Å². The van der Waals surface area contributed by atoms with Crippen molar-refractivity contribution in [3.63, 3.8) is 0 Å². The summed E-state index contributed by atoms with van der Waals surface area (Å²) in [6, 6.07) is 23.7. The highest BCUT2D eigenvalue weighted by molar-refractivity contribution is 9.11. The number of fused-ring (bicyclic) bond motifs is 1. The molecule has 0 spiro atoms. The molecule has 0 atom stereocenters. The van der Waals surface area contributed by atoms with Crippen LogP contribution in [0.2, 0.25) is 0 Å². The zero-order valence-corrected chi connectivity index (χ0v) is 19.3. The van der Waals surface area contributed by atoms with Crippen LogP contribution in [0.5, 0.6) is 0 Å². The molecule has 146 valence electrons. The highest BCUT2D eigenvalue weighted by atomic mass is 79.9. The first-order chi connectivity index (χ1) is 14.1. The van der Waals surface area contributed by atoms with E-state index in [1.807, 2.05) is 60.7 Å². The van der Waals surface area contributed by atoms with Gasteiger partial charge >= 0.3 is 0 Å². The molecule has 1 aromatic heterocycles. The minimum absolute atomic E-state index is 0.250. The van der Waals surface area contributed by atoms with Crippen molar-refractivity contribution < 1.29 is 9.21 Å². The van der Waals surface area contributed by atoms with Gasteiger partial charge in [0.2, 0.25) is 0 Å². The molecule has 4 rings (SSSR count). The summed E-state index contributed by atoms with van der Waals surface area (Å²) in [6.07, 6.45) is 0. The van der Waals surface area contributed by atoms with Crippen molar-refractivity contribution in [2.45, 2.75) is 11.5 Å². The number of rotatable bonds is 6. The molecule has 4 aromatic rings. The lowest BCUT2D eigenvalue weighted by Crippen LogP contribution is -2.13. The SMILES string of the molecule is O=C(Nc1ccc(Br)cc1Br)c1oc2ccccc2c1CSCc1ccccc1. The van der Waals surface area contributed by atoms with Crippen molar-refractivity contribution in [1.29, 1.82) is 0 Å². The zero-order valence-electron chi connectivity index (χ0n) is 15.3. The van der Waals surface area contributed by atoms with Gasteiger partial charge in [0.15, 0.2) is 5.76 Å². The topological polar surface area (TPSA) is 42.2 Å².